The van der Waals surface area contributed by atoms with E-state index in [0.717, 1.165) is 25.9 Å². The Labute approximate surface area is 106 Å². The summed E-state index contributed by atoms with van der Waals surface area (Å²) in [6.07, 6.45) is 1.74. The number of carbonyl (C=O) groups is 1. The molecule has 0 saturated carbocycles. The second-order valence-corrected chi connectivity index (χ2v) is 4.02. The first-order valence-electron chi connectivity index (χ1n) is 5.53. The van der Waals surface area contributed by atoms with Crippen molar-refractivity contribution in [2.75, 3.05) is 18.4 Å². The molecule has 1 fully saturated rings. The Morgan fingerprint density at radius 2 is 1.82 bits per heavy atom. The van der Waals surface area contributed by atoms with Gasteiger partial charge >= 0.3 is 0 Å². The number of hydrogen-bond donors (Lipinski definition) is 2. The van der Waals surface area contributed by atoms with Gasteiger partial charge in [-0.2, -0.15) is 0 Å². The average Bonchev–Trinajstić information content (AvgIpc) is 2.33. The summed E-state index contributed by atoms with van der Waals surface area (Å²) in [7, 11) is 0. The van der Waals surface area contributed by atoms with Gasteiger partial charge in [0.15, 0.2) is 0 Å². The van der Waals surface area contributed by atoms with Gasteiger partial charge in [0.2, 0.25) is 5.91 Å². The molecule has 1 aromatic rings. The summed E-state index contributed by atoms with van der Waals surface area (Å²) in [6, 6.07) is 5.85. The summed E-state index contributed by atoms with van der Waals surface area (Å²) in [5.74, 6) is -0.181. The molecule has 0 unspecified atom stereocenters. The summed E-state index contributed by atoms with van der Waals surface area (Å²) in [4.78, 5) is 11.8. The number of benzene rings is 1. The maximum absolute atomic E-state index is 12.7. The Morgan fingerprint density at radius 1 is 1.24 bits per heavy atom. The number of amides is 1. The van der Waals surface area contributed by atoms with Crippen LogP contribution in [0.1, 0.15) is 12.8 Å². The van der Waals surface area contributed by atoms with Crippen LogP contribution in [0.25, 0.3) is 0 Å². The monoisotopic (exact) mass is 258 g/mol. The van der Waals surface area contributed by atoms with Crippen molar-refractivity contribution in [1.82, 2.24) is 5.32 Å². The van der Waals surface area contributed by atoms with Crippen LogP contribution in [0.4, 0.5) is 10.1 Å². The summed E-state index contributed by atoms with van der Waals surface area (Å²) in [5, 5.41) is 6.02. The average molecular weight is 259 g/mol. The topological polar surface area (TPSA) is 41.1 Å². The van der Waals surface area contributed by atoms with Crippen molar-refractivity contribution in [3.05, 3.63) is 30.1 Å². The molecule has 0 aliphatic carbocycles. The molecular weight excluding hydrogens is 243 g/mol. The van der Waals surface area contributed by atoms with Crippen molar-refractivity contribution in [1.29, 1.82) is 0 Å². The fourth-order valence-electron chi connectivity index (χ4n) is 1.86. The Bertz CT molecular complexity index is 363. The number of nitrogens with one attached hydrogen (secondary N) is 2. The lowest BCUT2D eigenvalue weighted by Crippen LogP contribution is -2.34. The molecule has 17 heavy (non-hydrogen) atoms. The van der Waals surface area contributed by atoms with E-state index in [9.17, 15) is 9.18 Å². The van der Waals surface area contributed by atoms with Gasteiger partial charge in [0.25, 0.3) is 0 Å². The highest BCUT2D eigenvalue weighted by molar-refractivity contribution is 5.92. The summed E-state index contributed by atoms with van der Waals surface area (Å²) >= 11 is 0. The van der Waals surface area contributed by atoms with Gasteiger partial charge in [-0.1, -0.05) is 0 Å². The van der Waals surface area contributed by atoms with Crippen molar-refractivity contribution in [2.45, 2.75) is 12.8 Å². The molecule has 1 saturated heterocycles. The molecule has 94 valence electrons. The lowest BCUT2D eigenvalue weighted by atomic mass is 9.97. The van der Waals surface area contributed by atoms with Gasteiger partial charge in [-0.15, -0.1) is 12.4 Å². The Balaban J connectivity index is 0.00000144. The maximum atomic E-state index is 12.7. The van der Waals surface area contributed by atoms with Gasteiger partial charge in [0.05, 0.1) is 0 Å². The van der Waals surface area contributed by atoms with E-state index in [-0.39, 0.29) is 30.0 Å². The number of carbonyl (C=O) groups excluding carboxylic acids is 1. The smallest absolute Gasteiger partial charge is 0.227 e. The van der Waals surface area contributed by atoms with Gasteiger partial charge in [-0.05, 0) is 50.2 Å². The molecule has 0 spiro atoms. The van der Waals surface area contributed by atoms with Crippen molar-refractivity contribution < 1.29 is 9.18 Å². The van der Waals surface area contributed by atoms with Crippen LogP contribution < -0.4 is 10.6 Å². The molecule has 1 aliphatic rings. The largest absolute Gasteiger partial charge is 0.326 e. The molecule has 3 nitrogen and oxygen atoms in total. The minimum Gasteiger partial charge on any atom is -0.326 e. The highest BCUT2D eigenvalue weighted by Gasteiger charge is 2.20. The van der Waals surface area contributed by atoms with Gasteiger partial charge < -0.3 is 10.6 Å². The first-order valence-corrected chi connectivity index (χ1v) is 5.53. The fourth-order valence-corrected chi connectivity index (χ4v) is 1.86. The first-order chi connectivity index (χ1) is 7.75. The number of rotatable bonds is 2. The standard InChI is InChI=1S/C12H15FN2O.ClH/c13-10-1-3-11(4-2-10)15-12(16)9-5-7-14-8-6-9;/h1-4,9,14H,5-8H2,(H,15,16);1H. The Kier molecular flexibility index (Phi) is 5.38. The quantitative estimate of drug-likeness (QED) is 0.854. The van der Waals surface area contributed by atoms with E-state index in [1.807, 2.05) is 0 Å². The maximum Gasteiger partial charge on any atom is 0.227 e. The van der Waals surface area contributed by atoms with Gasteiger partial charge in [0, 0.05) is 11.6 Å². The number of hydrogen-bond acceptors (Lipinski definition) is 2. The number of anilines is 1. The molecule has 5 heteroatoms. The lowest BCUT2D eigenvalue weighted by Gasteiger charge is -2.21. The zero-order valence-corrected chi connectivity index (χ0v) is 10.2. The van der Waals surface area contributed by atoms with Crippen LogP contribution in [0, 0.1) is 11.7 Å². The molecule has 1 aliphatic heterocycles. The summed E-state index contributed by atoms with van der Waals surface area (Å²) in [5.41, 5.74) is 0.657. The van der Waals surface area contributed by atoms with Crippen LogP contribution in [-0.4, -0.2) is 19.0 Å². The van der Waals surface area contributed by atoms with Crippen LogP contribution in [0.15, 0.2) is 24.3 Å². The van der Waals surface area contributed by atoms with Crippen LogP contribution in [0.3, 0.4) is 0 Å². The minimum absolute atomic E-state index is 0. The molecule has 0 radical (unpaired) electrons. The third-order valence-corrected chi connectivity index (χ3v) is 2.82. The van der Waals surface area contributed by atoms with Gasteiger partial charge in [-0.3, -0.25) is 4.79 Å². The number of piperidine rings is 1. The SMILES string of the molecule is Cl.O=C(Nc1ccc(F)cc1)C1CCNCC1. The molecule has 1 amide bonds. The van der Waals surface area contributed by atoms with Crippen molar-refractivity contribution in [2.24, 2.45) is 5.92 Å². The minimum atomic E-state index is -0.292. The predicted molar refractivity (Wildman–Crippen MR) is 67.9 cm³/mol. The van der Waals surface area contributed by atoms with Crippen LogP contribution in [0.2, 0.25) is 0 Å². The van der Waals surface area contributed by atoms with Crippen molar-refractivity contribution in [3.63, 3.8) is 0 Å². The molecule has 1 aromatic carbocycles. The third-order valence-electron chi connectivity index (χ3n) is 2.82. The first kappa shape index (κ1) is 13.9. The molecule has 1 heterocycles. The molecule has 0 bridgehead atoms. The van der Waals surface area contributed by atoms with E-state index in [0.29, 0.717) is 5.69 Å². The molecule has 2 N–H and O–H groups in total. The van der Waals surface area contributed by atoms with Crippen molar-refractivity contribution in [3.8, 4) is 0 Å². The molecular formula is C12H16ClFN2O. The second-order valence-electron chi connectivity index (χ2n) is 4.02. The van der Waals surface area contributed by atoms with E-state index in [1.54, 1.807) is 12.1 Å². The Hall–Kier alpha value is -1.13. The zero-order chi connectivity index (χ0) is 11.4. The van der Waals surface area contributed by atoms with E-state index in [4.69, 9.17) is 0 Å². The highest BCUT2D eigenvalue weighted by Crippen LogP contribution is 2.15. The van der Waals surface area contributed by atoms with E-state index in [2.05, 4.69) is 10.6 Å². The Morgan fingerprint density at radius 3 is 2.41 bits per heavy atom. The number of halogens is 2. The van der Waals surface area contributed by atoms with Crippen LogP contribution >= 0.6 is 12.4 Å². The zero-order valence-electron chi connectivity index (χ0n) is 9.41. The van der Waals surface area contributed by atoms with E-state index in [1.165, 1.54) is 12.1 Å². The van der Waals surface area contributed by atoms with Crippen LogP contribution in [0.5, 0.6) is 0 Å². The fraction of sp³-hybridized carbons (Fsp3) is 0.417. The molecule has 0 aromatic heterocycles. The van der Waals surface area contributed by atoms with Gasteiger partial charge in [0.1, 0.15) is 5.82 Å². The molecule has 2 rings (SSSR count). The normalized spacial score (nSPS) is 16.1. The predicted octanol–water partition coefficient (Wildman–Crippen LogP) is 2.19. The van der Waals surface area contributed by atoms with Crippen LogP contribution in [-0.2, 0) is 4.79 Å². The third kappa shape index (κ3) is 3.98. The van der Waals surface area contributed by atoms with Crippen molar-refractivity contribution >= 4 is 24.0 Å². The lowest BCUT2D eigenvalue weighted by molar-refractivity contribution is -0.120. The van der Waals surface area contributed by atoms with Gasteiger partial charge in [-0.25, -0.2) is 4.39 Å². The summed E-state index contributed by atoms with van der Waals surface area (Å²) < 4.78 is 12.7. The summed E-state index contributed by atoms with van der Waals surface area (Å²) in [6.45, 7) is 1.78. The highest BCUT2D eigenvalue weighted by atomic mass is 35.5. The molecule has 0 atom stereocenters. The van der Waals surface area contributed by atoms with E-state index < -0.39 is 0 Å². The van der Waals surface area contributed by atoms with E-state index >= 15 is 0 Å². The second kappa shape index (κ2) is 6.57.